The summed E-state index contributed by atoms with van der Waals surface area (Å²) in [5.41, 5.74) is 2.13. The minimum atomic E-state index is -0.641. The van der Waals surface area contributed by atoms with E-state index in [2.05, 4.69) is 46.9 Å². The second-order valence-electron chi connectivity index (χ2n) is 8.82. The molecule has 1 unspecified atom stereocenters. The highest BCUT2D eigenvalue weighted by Gasteiger charge is 2.59. The number of esters is 1. The van der Waals surface area contributed by atoms with Gasteiger partial charge in [0.1, 0.15) is 6.10 Å². The molecule has 2 aliphatic rings. The van der Waals surface area contributed by atoms with Crippen molar-refractivity contribution >= 4 is 5.97 Å². The van der Waals surface area contributed by atoms with Gasteiger partial charge in [-0.2, -0.15) is 0 Å². The zero-order valence-corrected chi connectivity index (χ0v) is 16.5. The summed E-state index contributed by atoms with van der Waals surface area (Å²) in [7, 11) is 0. The van der Waals surface area contributed by atoms with Crippen molar-refractivity contribution in [2.24, 2.45) is 22.7 Å². The van der Waals surface area contributed by atoms with Crippen LogP contribution in [0.4, 0.5) is 0 Å². The molecule has 0 aromatic carbocycles. The van der Waals surface area contributed by atoms with Crippen LogP contribution in [0.3, 0.4) is 0 Å². The molecular weight excluding hydrogens is 312 g/mol. The summed E-state index contributed by atoms with van der Waals surface area (Å²) in [4.78, 5) is 11.5. The Balaban J connectivity index is 2.38. The van der Waals surface area contributed by atoms with Crippen molar-refractivity contribution in [3.8, 4) is 0 Å². The molecule has 2 rings (SSSR count). The van der Waals surface area contributed by atoms with Gasteiger partial charge in [-0.3, -0.25) is 4.79 Å². The number of hydrogen-bond donors (Lipinski definition) is 1. The molecule has 0 aromatic heterocycles. The molecular formula is C22H34O3. The van der Waals surface area contributed by atoms with Crippen LogP contribution < -0.4 is 0 Å². The van der Waals surface area contributed by atoms with Gasteiger partial charge in [0.25, 0.3) is 0 Å². The second-order valence-corrected chi connectivity index (χ2v) is 8.82. The molecule has 2 aliphatic carbocycles. The Morgan fingerprint density at radius 2 is 2.00 bits per heavy atom. The molecule has 0 aromatic rings. The van der Waals surface area contributed by atoms with Crippen LogP contribution in [-0.2, 0) is 9.53 Å². The van der Waals surface area contributed by atoms with Gasteiger partial charge in [0.05, 0.1) is 6.10 Å². The van der Waals surface area contributed by atoms with E-state index >= 15 is 0 Å². The molecule has 0 saturated heterocycles. The molecule has 1 N–H and O–H groups in total. The molecule has 0 spiro atoms. The van der Waals surface area contributed by atoms with Gasteiger partial charge in [0.15, 0.2) is 0 Å². The van der Waals surface area contributed by atoms with Crippen molar-refractivity contribution in [2.75, 3.05) is 0 Å². The highest BCUT2D eigenvalue weighted by Crippen LogP contribution is 2.62. The van der Waals surface area contributed by atoms with Crippen LogP contribution >= 0.6 is 0 Å². The summed E-state index contributed by atoms with van der Waals surface area (Å²) >= 11 is 0. The average Bonchev–Trinajstić information content (AvgIpc) is 2.49. The molecule has 5 atom stereocenters. The van der Waals surface area contributed by atoms with E-state index in [-0.39, 0.29) is 16.8 Å². The number of hydrogen-bond acceptors (Lipinski definition) is 3. The lowest BCUT2D eigenvalue weighted by atomic mass is 9.46. The normalized spacial score (nSPS) is 38.0. The van der Waals surface area contributed by atoms with E-state index in [4.69, 9.17) is 4.74 Å². The van der Waals surface area contributed by atoms with Crippen LogP contribution in [0.2, 0.25) is 0 Å². The molecule has 2 fully saturated rings. The van der Waals surface area contributed by atoms with E-state index in [1.807, 2.05) is 6.08 Å². The van der Waals surface area contributed by atoms with Gasteiger partial charge in [-0.1, -0.05) is 57.2 Å². The van der Waals surface area contributed by atoms with Gasteiger partial charge in [-0.05, 0) is 49.9 Å². The fraction of sp³-hybridized carbons (Fsp3) is 0.682. The second kappa shape index (κ2) is 7.11. The molecule has 0 amide bonds. The van der Waals surface area contributed by atoms with Gasteiger partial charge in [-0.25, -0.2) is 0 Å². The van der Waals surface area contributed by atoms with E-state index in [1.54, 1.807) is 0 Å². The van der Waals surface area contributed by atoms with Crippen molar-refractivity contribution < 1.29 is 14.6 Å². The first-order chi connectivity index (χ1) is 11.5. The van der Waals surface area contributed by atoms with Gasteiger partial charge >= 0.3 is 5.97 Å². The highest BCUT2D eigenvalue weighted by molar-refractivity contribution is 5.66. The standard InChI is InChI=1S/C22H34O3/c1-8-14(2)9-11-17-15(3)10-12-19-21(5,6)20(25-16(4)23)18(24)13-22(17,19)7/h8-9,17-20,24H,1,3,10-13H2,2,4-7H3/b14-9+/t17-,18+,19?,20-,22+/m0/s1. The molecule has 25 heavy (non-hydrogen) atoms. The van der Waals surface area contributed by atoms with E-state index < -0.39 is 12.2 Å². The van der Waals surface area contributed by atoms with Crippen molar-refractivity contribution in [2.45, 2.75) is 72.5 Å². The van der Waals surface area contributed by atoms with Crippen molar-refractivity contribution in [3.63, 3.8) is 0 Å². The topological polar surface area (TPSA) is 46.5 Å². The minimum Gasteiger partial charge on any atom is -0.459 e. The summed E-state index contributed by atoms with van der Waals surface area (Å²) in [6.45, 7) is 18.2. The molecule has 0 heterocycles. The van der Waals surface area contributed by atoms with E-state index in [1.165, 1.54) is 18.1 Å². The minimum absolute atomic E-state index is 0.0488. The van der Waals surface area contributed by atoms with Gasteiger partial charge in [0, 0.05) is 12.3 Å². The Hall–Kier alpha value is -1.35. The summed E-state index contributed by atoms with van der Waals surface area (Å²) < 4.78 is 5.55. The first-order valence-electron chi connectivity index (χ1n) is 9.36. The lowest BCUT2D eigenvalue weighted by Crippen LogP contribution is -2.61. The number of ether oxygens (including phenoxy) is 1. The monoisotopic (exact) mass is 346 g/mol. The molecule has 2 saturated carbocycles. The van der Waals surface area contributed by atoms with Gasteiger partial charge in [0.2, 0.25) is 0 Å². The Labute approximate surface area is 152 Å². The van der Waals surface area contributed by atoms with Gasteiger partial charge in [-0.15, -0.1) is 0 Å². The average molecular weight is 347 g/mol. The van der Waals surface area contributed by atoms with E-state index in [9.17, 15) is 9.90 Å². The maximum absolute atomic E-state index is 11.5. The summed E-state index contributed by atoms with van der Waals surface area (Å²) in [5.74, 6) is 0.385. The Morgan fingerprint density at radius 1 is 1.36 bits per heavy atom. The molecule has 3 nitrogen and oxygen atoms in total. The Kier molecular flexibility index (Phi) is 5.68. The zero-order chi connectivity index (χ0) is 19.0. The number of carbonyl (C=O) groups excluding carboxylic acids is 1. The SMILES string of the molecule is C=C/C(C)=C/C[C@H]1C(=C)CCC2C(C)(C)[C@@H](OC(C)=O)[C@H](O)C[C@@]21C. The zero-order valence-electron chi connectivity index (χ0n) is 16.5. The fourth-order valence-electron chi connectivity index (χ4n) is 5.53. The number of carbonyl (C=O) groups is 1. The molecule has 3 heteroatoms. The summed E-state index contributed by atoms with van der Waals surface area (Å²) in [6.07, 6.45) is 6.62. The molecule has 0 bridgehead atoms. The first-order valence-corrected chi connectivity index (χ1v) is 9.36. The number of fused-ring (bicyclic) bond motifs is 1. The Bertz CT molecular complexity index is 586. The third-order valence-electron chi connectivity index (χ3n) is 6.76. The number of aliphatic hydroxyl groups excluding tert-OH is 1. The number of allylic oxidation sites excluding steroid dienone is 4. The largest absolute Gasteiger partial charge is 0.459 e. The van der Waals surface area contributed by atoms with Crippen molar-refractivity contribution in [1.82, 2.24) is 0 Å². The number of rotatable bonds is 4. The first kappa shape index (κ1) is 20.0. The quantitative estimate of drug-likeness (QED) is 0.451. The van der Waals surface area contributed by atoms with Crippen LogP contribution in [0.1, 0.15) is 60.3 Å². The summed E-state index contributed by atoms with van der Waals surface area (Å²) in [6, 6.07) is 0. The van der Waals surface area contributed by atoms with Crippen LogP contribution in [0, 0.1) is 22.7 Å². The van der Waals surface area contributed by atoms with Crippen LogP contribution in [0.5, 0.6) is 0 Å². The number of aliphatic hydroxyl groups is 1. The molecule has 140 valence electrons. The van der Waals surface area contributed by atoms with Crippen LogP contribution in [-0.4, -0.2) is 23.3 Å². The van der Waals surface area contributed by atoms with E-state index in [0.29, 0.717) is 18.3 Å². The van der Waals surface area contributed by atoms with Crippen molar-refractivity contribution in [3.05, 3.63) is 36.5 Å². The lowest BCUT2D eigenvalue weighted by molar-refractivity contribution is -0.203. The fourth-order valence-corrected chi connectivity index (χ4v) is 5.53. The smallest absolute Gasteiger partial charge is 0.303 e. The molecule has 0 radical (unpaired) electrons. The van der Waals surface area contributed by atoms with E-state index in [0.717, 1.165) is 19.3 Å². The van der Waals surface area contributed by atoms with Crippen LogP contribution in [0.25, 0.3) is 0 Å². The highest BCUT2D eigenvalue weighted by atomic mass is 16.6. The Morgan fingerprint density at radius 3 is 2.56 bits per heavy atom. The third-order valence-corrected chi connectivity index (χ3v) is 6.76. The predicted octanol–water partition coefficient (Wildman–Crippen LogP) is 4.82. The van der Waals surface area contributed by atoms with Gasteiger partial charge < -0.3 is 9.84 Å². The van der Waals surface area contributed by atoms with Crippen molar-refractivity contribution in [1.29, 1.82) is 0 Å². The van der Waals surface area contributed by atoms with Crippen LogP contribution in [0.15, 0.2) is 36.5 Å². The maximum Gasteiger partial charge on any atom is 0.303 e. The predicted molar refractivity (Wildman–Crippen MR) is 102 cm³/mol. The lowest BCUT2D eigenvalue weighted by Gasteiger charge is -2.61. The third kappa shape index (κ3) is 3.62. The molecule has 0 aliphatic heterocycles. The summed E-state index contributed by atoms with van der Waals surface area (Å²) in [5, 5.41) is 10.8. The maximum atomic E-state index is 11.5.